The normalized spacial score (nSPS) is 17.6. The average molecular weight is 282 g/mol. The Morgan fingerprint density at radius 1 is 1.53 bits per heavy atom. The van der Waals surface area contributed by atoms with Crippen molar-refractivity contribution in [2.75, 3.05) is 18.5 Å². The molecule has 1 saturated carbocycles. The summed E-state index contributed by atoms with van der Waals surface area (Å²) in [5.41, 5.74) is 7.55. The molecule has 3 N–H and O–H groups in total. The zero-order valence-corrected chi connectivity index (χ0v) is 12.6. The molecular weight excluding hydrogens is 260 g/mol. The molecule has 1 amide bonds. The smallest absolute Gasteiger partial charge is 0.271 e. The van der Waals surface area contributed by atoms with Crippen molar-refractivity contribution >= 4 is 23.4 Å². The Morgan fingerprint density at radius 3 is 2.63 bits per heavy atom. The summed E-state index contributed by atoms with van der Waals surface area (Å²) in [6, 6.07) is 0. The van der Waals surface area contributed by atoms with Gasteiger partial charge in [0.1, 0.15) is 5.69 Å². The van der Waals surface area contributed by atoms with E-state index in [1.807, 2.05) is 18.7 Å². The second-order valence-electron chi connectivity index (χ2n) is 5.25. The van der Waals surface area contributed by atoms with E-state index in [2.05, 4.69) is 16.7 Å². The highest BCUT2D eigenvalue weighted by Crippen LogP contribution is 2.39. The Kier molecular flexibility index (Phi) is 4.08. The first-order chi connectivity index (χ1) is 8.99. The van der Waals surface area contributed by atoms with Gasteiger partial charge in [-0.05, 0) is 26.0 Å². The first kappa shape index (κ1) is 14.2. The summed E-state index contributed by atoms with van der Waals surface area (Å²) < 4.78 is 1.76. The van der Waals surface area contributed by atoms with Gasteiger partial charge in [-0.25, -0.2) is 0 Å². The number of carbonyl (C=O) groups excluding carboxylic acids is 1. The maximum Gasteiger partial charge on any atom is 0.271 e. The quantitative estimate of drug-likeness (QED) is 0.882. The molecule has 0 atom stereocenters. The second kappa shape index (κ2) is 5.45. The van der Waals surface area contributed by atoms with Crippen LogP contribution in [0.25, 0.3) is 0 Å². The van der Waals surface area contributed by atoms with Gasteiger partial charge in [-0.2, -0.15) is 16.9 Å². The van der Waals surface area contributed by atoms with Crippen LogP contribution in [0.4, 0.5) is 5.69 Å². The number of nitrogens with zero attached hydrogens (tertiary/aromatic N) is 2. The number of nitrogens with one attached hydrogen (secondary N) is 1. The fourth-order valence-electron chi connectivity index (χ4n) is 2.74. The van der Waals surface area contributed by atoms with Gasteiger partial charge in [-0.15, -0.1) is 0 Å². The third-order valence-corrected chi connectivity index (χ3v) is 5.42. The number of anilines is 1. The molecule has 6 heteroatoms. The number of aryl methyl sites for hydroxylation is 2. The largest absolute Gasteiger partial charge is 0.395 e. The van der Waals surface area contributed by atoms with Crippen LogP contribution in [0.2, 0.25) is 0 Å². The van der Waals surface area contributed by atoms with Crippen molar-refractivity contribution in [2.24, 2.45) is 7.05 Å². The molecular formula is C13H22N4OS. The minimum absolute atomic E-state index is 0.124. The minimum Gasteiger partial charge on any atom is -0.395 e. The Morgan fingerprint density at radius 2 is 2.16 bits per heavy atom. The third kappa shape index (κ3) is 2.73. The molecule has 0 unspecified atom stereocenters. The van der Waals surface area contributed by atoms with E-state index in [0.717, 1.165) is 0 Å². The van der Waals surface area contributed by atoms with Gasteiger partial charge in [0.15, 0.2) is 0 Å². The SMILES string of the molecule is CSC1(CNC(=O)c2c(N)c(C)nn2C)CCCC1. The molecule has 1 fully saturated rings. The fourth-order valence-corrected chi connectivity index (χ4v) is 3.65. The lowest BCUT2D eigenvalue weighted by atomic mass is 10.1. The minimum atomic E-state index is -0.124. The number of rotatable bonds is 4. The predicted octanol–water partition coefficient (Wildman–Crippen LogP) is 1.72. The molecule has 1 aliphatic rings. The Balaban J connectivity index is 2.05. The van der Waals surface area contributed by atoms with Gasteiger partial charge in [0.2, 0.25) is 0 Å². The Bertz CT molecular complexity index is 477. The van der Waals surface area contributed by atoms with Gasteiger partial charge in [0, 0.05) is 18.3 Å². The van der Waals surface area contributed by atoms with Gasteiger partial charge in [-0.1, -0.05) is 12.8 Å². The molecule has 1 aliphatic carbocycles. The highest BCUT2D eigenvalue weighted by molar-refractivity contribution is 8.00. The number of hydrogen-bond acceptors (Lipinski definition) is 4. The first-order valence-electron chi connectivity index (χ1n) is 6.61. The van der Waals surface area contributed by atoms with Crippen molar-refractivity contribution in [1.29, 1.82) is 0 Å². The van der Waals surface area contributed by atoms with Crippen LogP contribution in [0.1, 0.15) is 41.9 Å². The van der Waals surface area contributed by atoms with E-state index in [9.17, 15) is 4.79 Å². The number of carbonyl (C=O) groups is 1. The van der Waals surface area contributed by atoms with Gasteiger partial charge >= 0.3 is 0 Å². The summed E-state index contributed by atoms with van der Waals surface area (Å²) in [5, 5.41) is 7.20. The van der Waals surface area contributed by atoms with Crippen LogP contribution in [0.15, 0.2) is 0 Å². The van der Waals surface area contributed by atoms with Gasteiger partial charge in [0.05, 0.1) is 11.4 Å². The van der Waals surface area contributed by atoms with E-state index in [1.54, 1.807) is 11.7 Å². The van der Waals surface area contributed by atoms with Crippen LogP contribution in [0.5, 0.6) is 0 Å². The zero-order chi connectivity index (χ0) is 14.0. The van der Waals surface area contributed by atoms with E-state index in [-0.39, 0.29) is 10.7 Å². The highest BCUT2D eigenvalue weighted by atomic mass is 32.2. The molecule has 1 aromatic rings. The third-order valence-electron chi connectivity index (χ3n) is 4.00. The molecule has 19 heavy (non-hydrogen) atoms. The van der Waals surface area contributed by atoms with Gasteiger partial charge in [-0.3, -0.25) is 9.48 Å². The molecule has 0 radical (unpaired) electrons. The Hall–Kier alpha value is -1.17. The number of nitrogens with two attached hydrogens (primary N) is 1. The molecule has 0 aliphatic heterocycles. The van der Waals surface area contributed by atoms with Gasteiger partial charge in [0.25, 0.3) is 5.91 Å². The van der Waals surface area contributed by atoms with Crippen LogP contribution in [-0.4, -0.2) is 33.2 Å². The maximum atomic E-state index is 12.3. The van der Waals surface area contributed by atoms with E-state index in [1.165, 1.54) is 25.7 Å². The molecule has 0 saturated heterocycles. The van der Waals surface area contributed by atoms with Crippen molar-refractivity contribution in [3.05, 3.63) is 11.4 Å². The molecule has 0 spiro atoms. The summed E-state index contributed by atoms with van der Waals surface area (Å²) in [6.07, 6.45) is 6.98. The van der Waals surface area contributed by atoms with Gasteiger partial charge < -0.3 is 11.1 Å². The fraction of sp³-hybridized carbons (Fsp3) is 0.692. The van der Waals surface area contributed by atoms with Crippen molar-refractivity contribution in [2.45, 2.75) is 37.4 Å². The zero-order valence-electron chi connectivity index (χ0n) is 11.8. The number of thioether (sulfide) groups is 1. The van der Waals surface area contributed by atoms with Crippen molar-refractivity contribution < 1.29 is 4.79 Å². The van der Waals surface area contributed by atoms with Crippen molar-refractivity contribution in [3.8, 4) is 0 Å². The lowest BCUT2D eigenvalue weighted by Crippen LogP contribution is -2.39. The highest BCUT2D eigenvalue weighted by Gasteiger charge is 2.33. The molecule has 5 nitrogen and oxygen atoms in total. The van der Waals surface area contributed by atoms with E-state index < -0.39 is 0 Å². The van der Waals surface area contributed by atoms with Crippen LogP contribution in [0, 0.1) is 6.92 Å². The van der Waals surface area contributed by atoms with E-state index in [0.29, 0.717) is 23.6 Å². The number of aromatic nitrogens is 2. The molecule has 106 valence electrons. The number of hydrogen-bond donors (Lipinski definition) is 2. The van der Waals surface area contributed by atoms with Crippen LogP contribution in [-0.2, 0) is 7.05 Å². The average Bonchev–Trinajstić information content (AvgIpc) is 2.94. The monoisotopic (exact) mass is 282 g/mol. The van der Waals surface area contributed by atoms with Crippen molar-refractivity contribution in [1.82, 2.24) is 15.1 Å². The summed E-state index contributed by atoms with van der Waals surface area (Å²) in [7, 11) is 1.75. The van der Waals surface area contributed by atoms with Crippen LogP contribution < -0.4 is 11.1 Å². The Labute approximate surface area is 118 Å². The summed E-state index contributed by atoms with van der Waals surface area (Å²) in [4.78, 5) is 12.3. The number of nitrogen functional groups attached to an aromatic ring is 1. The molecule has 1 heterocycles. The predicted molar refractivity (Wildman–Crippen MR) is 79.4 cm³/mol. The van der Waals surface area contributed by atoms with E-state index >= 15 is 0 Å². The van der Waals surface area contributed by atoms with Crippen LogP contribution in [0.3, 0.4) is 0 Å². The van der Waals surface area contributed by atoms with E-state index in [4.69, 9.17) is 5.73 Å². The van der Waals surface area contributed by atoms with Crippen LogP contribution >= 0.6 is 11.8 Å². The van der Waals surface area contributed by atoms with Crippen molar-refractivity contribution in [3.63, 3.8) is 0 Å². The second-order valence-corrected chi connectivity index (χ2v) is 6.52. The summed E-state index contributed by atoms with van der Waals surface area (Å²) in [5.74, 6) is -0.124. The molecule has 0 aromatic carbocycles. The summed E-state index contributed by atoms with van der Waals surface area (Å²) >= 11 is 1.86. The lowest BCUT2D eigenvalue weighted by molar-refractivity contribution is 0.0941. The number of amides is 1. The topological polar surface area (TPSA) is 72.9 Å². The summed E-state index contributed by atoms with van der Waals surface area (Å²) in [6.45, 7) is 2.52. The molecule has 2 rings (SSSR count). The molecule has 0 bridgehead atoms. The molecule has 1 aromatic heterocycles. The lowest BCUT2D eigenvalue weighted by Gasteiger charge is -2.26. The standard InChI is InChI=1S/C13H22N4OS/c1-9-10(14)11(17(2)16-9)12(18)15-8-13(19-3)6-4-5-7-13/h4-8,14H2,1-3H3,(H,15,18). The maximum absolute atomic E-state index is 12.3. The first-order valence-corrected chi connectivity index (χ1v) is 7.84.